The lowest BCUT2D eigenvalue weighted by Gasteiger charge is -2.32. The Morgan fingerprint density at radius 3 is 2.59 bits per heavy atom. The summed E-state index contributed by atoms with van der Waals surface area (Å²) in [6.07, 6.45) is 3.31. The van der Waals surface area contributed by atoms with Crippen molar-refractivity contribution in [1.82, 2.24) is 15.1 Å². The van der Waals surface area contributed by atoms with Gasteiger partial charge in [0.1, 0.15) is 5.82 Å². The number of aromatic amines is 1. The first kappa shape index (κ1) is 18.9. The van der Waals surface area contributed by atoms with Gasteiger partial charge in [-0.3, -0.25) is 14.7 Å². The molecule has 1 aliphatic rings. The van der Waals surface area contributed by atoms with Gasteiger partial charge in [0.15, 0.2) is 0 Å². The number of carbonyl (C=O) groups is 2. The molecule has 1 fully saturated rings. The van der Waals surface area contributed by atoms with Crippen molar-refractivity contribution in [3.05, 3.63) is 83.4 Å². The molecule has 1 unspecified atom stereocenters. The molecule has 0 bridgehead atoms. The second-order valence-electron chi connectivity index (χ2n) is 7.11. The summed E-state index contributed by atoms with van der Waals surface area (Å²) in [5, 5.41) is 9.99. The second-order valence-corrected chi connectivity index (χ2v) is 7.11. The highest BCUT2D eigenvalue weighted by atomic mass is 19.1. The lowest BCUT2D eigenvalue weighted by Crippen LogP contribution is -2.39. The van der Waals surface area contributed by atoms with Crippen LogP contribution in [0.3, 0.4) is 0 Å². The van der Waals surface area contributed by atoms with E-state index in [-0.39, 0.29) is 23.5 Å². The number of amides is 2. The van der Waals surface area contributed by atoms with E-state index in [0.717, 1.165) is 18.5 Å². The quantitative estimate of drug-likeness (QED) is 0.709. The summed E-state index contributed by atoms with van der Waals surface area (Å²) in [6, 6.07) is 14.6. The maximum atomic E-state index is 13.1. The fourth-order valence-corrected chi connectivity index (χ4v) is 3.66. The second kappa shape index (κ2) is 8.26. The molecular weight excluding hydrogens is 371 g/mol. The third kappa shape index (κ3) is 4.18. The normalized spacial score (nSPS) is 16.4. The lowest BCUT2D eigenvalue weighted by atomic mass is 9.93. The van der Waals surface area contributed by atoms with Gasteiger partial charge >= 0.3 is 0 Å². The highest BCUT2D eigenvalue weighted by molar-refractivity contribution is 6.04. The van der Waals surface area contributed by atoms with Crippen LogP contribution in [0.1, 0.15) is 45.2 Å². The van der Waals surface area contributed by atoms with Crippen molar-refractivity contribution in [3.63, 3.8) is 0 Å². The van der Waals surface area contributed by atoms with Gasteiger partial charge in [-0.05, 0) is 49.2 Å². The largest absolute Gasteiger partial charge is 0.338 e. The third-order valence-electron chi connectivity index (χ3n) is 5.16. The number of hydrogen-bond acceptors (Lipinski definition) is 3. The molecule has 7 heteroatoms. The maximum Gasteiger partial charge on any atom is 0.255 e. The molecule has 6 nitrogen and oxygen atoms in total. The van der Waals surface area contributed by atoms with E-state index in [1.54, 1.807) is 23.2 Å². The van der Waals surface area contributed by atoms with Crippen molar-refractivity contribution in [2.75, 3.05) is 18.4 Å². The van der Waals surface area contributed by atoms with Crippen LogP contribution in [-0.2, 0) is 0 Å². The molecule has 4 rings (SSSR count). The fourth-order valence-electron chi connectivity index (χ4n) is 3.66. The molecule has 0 saturated carbocycles. The Bertz CT molecular complexity index is 1000. The van der Waals surface area contributed by atoms with Crippen molar-refractivity contribution in [2.24, 2.45) is 0 Å². The van der Waals surface area contributed by atoms with E-state index in [2.05, 4.69) is 15.5 Å². The predicted octanol–water partition coefficient (Wildman–Crippen LogP) is 3.82. The Hall–Kier alpha value is -3.48. The highest BCUT2D eigenvalue weighted by Gasteiger charge is 2.28. The van der Waals surface area contributed by atoms with E-state index in [0.29, 0.717) is 29.9 Å². The first-order chi connectivity index (χ1) is 14.1. The molecule has 2 heterocycles. The number of likely N-dealkylation sites (tertiary alicyclic amines) is 1. The standard InChI is InChI=1S/C22H21FN4O2/c23-18-10-8-16(9-11-18)22(29)27-12-4-7-17(14-27)20-19(13-24-26-20)25-21(28)15-5-2-1-3-6-15/h1-3,5-6,8-11,13,17H,4,7,12,14H2,(H,24,26)(H,25,28). The number of anilines is 1. The summed E-state index contributed by atoms with van der Waals surface area (Å²) in [7, 11) is 0. The van der Waals surface area contributed by atoms with Crippen molar-refractivity contribution < 1.29 is 14.0 Å². The minimum atomic E-state index is -0.366. The first-order valence-electron chi connectivity index (χ1n) is 9.56. The monoisotopic (exact) mass is 392 g/mol. The summed E-state index contributed by atoms with van der Waals surface area (Å²) in [6.45, 7) is 1.15. The number of hydrogen-bond donors (Lipinski definition) is 2. The average molecular weight is 392 g/mol. The molecule has 1 aromatic heterocycles. The predicted molar refractivity (Wildman–Crippen MR) is 107 cm³/mol. The summed E-state index contributed by atoms with van der Waals surface area (Å²) in [5.41, 5.74) is 2.47. The number of halogens is 1. The zero-order chi connectivity index (χ0) is 20.2. The summed E-state index contributed by atoms with van der Waals surface area (Å²) < 4.78 is 13.1. The van der Waals surface area contributed by atoms with Gasteiger partial charge in [-0.1, -0.05) is 18.2 Å². The molecule has 0 radical (unpaired) electrons. The molecular formula is C22H21FN4O2. The van der Waals surface area contributed by atoms with E-state index >= 15 is 0 Å². The van der Waals surface area contributed by atoms with E-state index in [4.69, 9.17) is 0 Å². The van der Waals surface area contributed by atoms with E-state index in [9.17, 15) is 14.0 Å². The van der Waals surface area contributed by atoms with Crippen LogP contribution in [0.25, 0.3) is 0 Å². The molecule has 148 valence electrons. The number of benzene rings is 2. The number of carbonyl (C=O) groups excluding carboxylic acids is 2. The van der Waals surface area contributed by atoms with Crippen LogP contribution in [0.2, 0.25) is 0 Å². The molecule has 0 spiro atoms. The minimum Gasteiger partial charge on any atom is -0.338 e. The van der Waals surface area contributed by atoms with Gasteiger partial charge in [0.25, 0.3) is 11.8 Å². The first-order valence-corrected chi connectivity index (χ1v) is 9.56. The molecule has 29 heavy (non-hydrogen) atoms. The molecule has 2 amide bonds. The summed E-state index contributed by atoms with van der Waals surface area (Å²) in [4.78, 5) is 27.0. The van der Waals surface area contributed by atoms with Crippen LogP contribution in [0.4, 0.5) is 10.1 Å². The third-order valence-corrected chi connectivity index (χ3v) is 5.16. The summed E-state index contributed by atoms with van der Waals surface area (Å²) in [5.74, 6) is -0.663. The Labute approximate surface area is 167 Å². The maximum absolute atomic E-state index is 13.1. The zero-order valence-electron chi connectivity index (χ0n) is 15.8. The number of rotatable bonds is 4. The van der Waals surface area contributed by atoms with Crippen LogP contribution in [0.15, 0.2) is 60.8 Å². The number of nitrogens with one attached hydrogen (secondary N) is 2. The molecule has 1 atom stereocenters. The van der Waals surface area contributed by atoms with Gasteiger partial charge < -0.3 is 10.2 Å². The van der Waals surface area contributed by atoms with Crippen molar-refractivity contribution in [3.8, 4) is 0 Å². The van der Waals surface area contributed by atoms with Crippen LogP contribution < -0.4 is 5.32 Å². The molecule has 0 aliphatic carbocycles. The minimum absolute atomic E-state index is 0.0294. The van der Waals surface area contributed by atoms with E-state index in [1.807, 2.05) is 18.2 Å². The van der Waals surface area contributed by atoms with E-state index < -0.39 is 0 Å². The van der Waals surface area contributed by atoms with E-state index in [1.165, 1.54) is 24.3 Å². The molecule has 2 aromatic carbocycles. The molecule has 1 saturated heterocycles. The Morgan fingerprint density at radius 2 is 1.83 bits per heavy atom. The van der Waals surface area contributed by atoms with Crippen LogP contribution in [0.5, 0.6) is 0 Å². The van der Waals surface area contributed by atoms with Crippen LogP contribution >= 0.6 is 0 Å². The lowest BCUT2D eigenvalue weighted by molar-refractivity contribution is 0.0705. The highest BCUT2D eigenvalue weighted by Crippen LogP contribution is 2.31. The summed E-state index contributed by atoms with van der Waals surface area (Å²) >= 11 is 0. The van der Waals surface area contributed by atoms with Crippen molar-refractivity contribution in [2.45, 2.75) is 18.8 Å². The van der Waals surface area contributed by atoms with Crippen LogP contribution in [0, 0.1) is 5.82 Å². The molecule has 1 aliphatic heterocycles. The fraction of sp³-hybridized carbons (Fsp3) is 0.227. The van der Waals surface area contributed by atoms with Crippen LogP contribution in [-0.4, -0.2) is 40.0 Å². The number of aromatic nitrogens is 2. The van der Waals surface area contributed by atoms with Gasteiger partial charge in [-0.25, -0.2) is 4.39 Å². The van der Waals surface area contributed by atoms with Gasteiger partial charge in [-0.15, -0.1) is 0 Å². The topological polar surface area (TPSA) is 78.1 Å². The van der Waals surface area contributed by atoms with Gasteiger partial charge in [0.05, 0.1) is 17.6 Å². The van der Waals surface area contributed by atoms with Gasteiger partial charge in [0.2, 0.25) is 0 Å². The van der Waals surface area contributed by atoms with Gasteiger partial charge in [-0.2, -0.15) is 5.10 Å². The smallest absolute Gasteiger partial charge is 0.255 e. The van der Waals surface area contributed by atoms with Crippen molar-refractivity contribution >= 4 is 17.5 Å². The Balaban J connectivity index is 1.48. The van der Waals surface area contributed by atoms with Gasteiger partial charge in [0, 0.05) is 30.1 Å². The Morgan fingerprint density at radius 1 is 1.07 bits per heavy atom. The number of nitrogens with zero attached hydrogens (tertiary/aromatic N) is 2. The Kier molecular flexibility index (Phi) is 5.37. The average Bonchev–Trinajstić information content (AvgIpc) is 3.22. The molecule has 2 N–H and O–H groups in total. The molecule has 3 aromatic rings. The zero-order valence-corrected chi connectivity index (χ0v) is 15.8. The number of H-pyrrole nitrogens is 1. The SMILES string of the molecule is O=C(Nc1cn[nH]c1C1CCCN(C(=O)c2ccc(F)cc2)C1)c1ccccc1. The number of piperidine rings is 1. The van der Waals surface area contributed by atoms with Crippen molar-refractivity contribution in [1.29, 1.82) is 0 Å².